The molecule has 2 atom stereocenters. The molecule has 1 fully saturated rings. The molecule has 1 saturated carbocycles. The van der Waals surface area contributed by atoms with Gasteiger partial charge in [-0.1, -0.05) is 11.6 Å². The molecule has 1 aliphatic rings. The van der Waals surface area contributed by atoms with Crippen LogP contribution in [0.2, 0.25) is 5.02 Å². The van der Waals surface area contributed by atoms with Gasteiger partial charge in [0.15, 0.2) is 0 Å². The third kappa shape index (κ3) is 2.79. The van der Waals surface area contributed by atoms with E-state index >= 15 is 0 Å². The number of halogens is 1. The van der Waals surface area contributed by atoms with Crippen molar-refractivity contribution in [2.75, 3.05) is 0 Å². The first-order valence-corrected chi connectivity index (χ1v) is 6.28. The lowest BCUT2D eigenvalue weighted by molar-refractivity contribution is 0.0934. The van der Waals surface area contributed by atoms with Gasteiger partial charge in [-0.2, -0.15) is 0 Å². The zero-order chi connectivity index (χ0) is 12.4. The van der Waals surface area contributed by atoms with Gasteiger partial charge in [0, 0.05) is 22.7 Å². The Morgan fingerprint density at radius 2 is 2.24 bits per heavy atom. The van der Waals surface area contributed by atoms with Gasteiger partial charge < -0.3 is 11.1 Å². The van der Waals surface area contributed by atoms with E-state index in [9.17, 15) is 4.79 Å². The van der Waals surface area contributed by atoms with E-state index in [0.717, 1.165) is 24.8 Å². The van der Waals surface area contributed by atoms with Gasteiger partial charge in [-0.05, 0) is 49.9 Å². The minimum atomic E-state index is -0.0629. The van der Waals surface area contributed by atoms with Crippen molar-refractivity contribution < 1.29 is 4.79 Å². The van der Waals surface area contributed by atoms with Gasteiger partial charge in [-0.15, -0.1) is 0 Å². The summed E-state index contributed by atoms with van der Waals surface area (Å²) in [5, 5.41) is 3.66. The normalized spacial score (nSPS) is 23.7. The Bertz CT molecular complexity index is 433. The first kappa shape index (κ1) is 12.4. The van der Waals surface area contributed by atoms with Crippen LogP contribution in [-0.4, -0.2) is 18.0 Å². The van der Waals surface area contributed by atoms with Gasteiger partial charge >= 0.3 is 0 Å². The van der Waals surface area contributed by atoms with Gasteiger partial charge in [0.1, 0.15) is 0 Å². The average molecular weight is 253 g/mol. The fourth-order valence-corrected chi connectivity index (χ4v) is 2.32. The van der Waals surface area contributed by atoms with Crippen LogP contribution in [0.3, 0.4) is 0 Å². The van der Waals surface area contributed by atoms with Crippen LogP contribution in [0.4, 0.5) is 0 Å². The standard InChI is InChI=1S/C13H17ClN2O/c1-8-7-9(5-6-10(8)14)13(17)16-12-4-2-3-11(12)15/h5-7,11-12H,2-4,15H2,1H3,(H,16,17). The highest BCUT2D eigenvalue weighted by atomic mass is 35.5. The van der Waals surface area contributed by atoms with Crippen LogP contribution in [0.15, 0.2) is 18.2 Å². The summed E-state index contributed by atoms with van der Waals surface area (Å²) in [6, 6.07) is 5.50. The molecule has 2 rings (SSSR count). The molecule has 0 spiro atoms. The van der Waals surface area contributed by atoms with E-state index in [1.807, 2.05) is 6.92 Å². The smallest absolute Gasteiger partial charge is 0.251 e. The highest BCUT2D eigenvalue weighted by Gasteiger charge is 2.25. The van der Waals surface area contributed by atoms with Crippen LogP contribution >= 0.6 is 11.6 Å². The van der Waals surface area contributed by atoms with Crippen LogP contribution in [-0.2, 0) is 0 Å². The van der Waals surface area contributed by atoms with Crippen LogP contribution in [0, 0.1) is 6.92 Å². The lowest BCUT2D eigenvalue weighted by atomic mass is 10.1. The second kappa shape index (κ2) is 5.07. The summed E-state index contributed by atoms with van der Waals surface area (Å²) in [4.78, 5) is 12.0. The molecule has 3 N–H and O–H groups in total. The van der Waals surface area contributed by atoms with Crippen molar-refractivity contribution >= 4 is 17.5 Å². The monoisotopic (exact) mass is 252 g/mol. The number of amides is 1. The van der Waals surface area contributed by atoms with Crippen molar-refractivity contribution in [2.45, 2.75) is 38.3 Å². The van der Waals surface area contributed by atoms with Gasteiger partial charge in [0.25, 0.3) is 5.91 Å². The van der Waals surface area contributed by atoms with Crippen molar-refractivity contribution in [1.29, 1.82) is 0 Å². The number of benzene rings is 1. The third-order valence-corrected chi connectivity index (χ3v) is 3.73. The molecule has 1 aromatic carbocycles. The second-order valence-electron chi connectivity index (χ2n) is 4.64. The molecule has 1 aliphatic carbocycles. The van der Waals surface area contributed by atoms with Gasteiger partial charge in [-0.3, -0.25) is 4.79 Å². The van der Waals surface area contributed by atoms with Crippen molar-refractivity contribution in [2.24, 2.45) is 5.73 Å². The van der Waals surface area contributed by atoms with Crippen molar-refractivity contribution in [3.8, 4) is 0 Å². The summed E-state index contributed by atoms with van der Waals surface area (Å²) in [5.41, 5.74) is 7.48. The summed E-state index contributed by atoms with van der Waals surface area (Å²) in [6.45, 7) is 1.89. The molecule has 0 aliphatic heterocycles. The quantitative estimate of drug-likeness (QED) is 0.848. The van der Waals surface area contributed by atoms with Gasteiger partial charge in [0.05, 0.1) is 0 Å². The first-order chi connectivity index (χ1) is 8.08. The molecule has 4 heteroatoms. The molecule has 2 unspecified atom stereocenters. The van der Waals surface area contributed by atoms with Crippen molar-refractivity contribution in [3.05, 3.63) is 34.3 Å². The van der Waals surface area contributed by atoms with E-state index in [2.05, 4.69) is 5.32 Å². The van der Waals surface area contributed by atoms with Gasteiger partial charge in [-0.25, -0.2) is 0 Å². The highest BCUT2D eigenvalue weighted by Crippen LogP contribution is 2.19. The van der Waals surface area contributed by atoms with Crippen LogP contribution in [0.5, 0.6) is 0 Å². The number of hydrogen-bond donors (Lipinski definition) is 2. The molecule has 0 saturated heterocycles. The summed E-state index contributed by atoms with van der Waals surface area (Å²) in [5.74, 6) is -0.0629. The zero-order valence-corrected chi connectivity index (χ0v) is 10.6. The maximum Gasteiger partial charge on any atom is 0.251 e. The van der Waals surface area contributed by atoms with E-state index in [1.165, 1.54) is 0 Å². The molecule has 17 heavy (non-hydrogen) atoms. The molecule has 1 amide bonds. The summed E-state index contributed by atoms with van der Waals surface area (Å²) in [7, 11) is 0. The van der Waals surface area contributed by atoms with Crippen molar-refractivity contribution in [1.82, 2.24) is 5.32 Å². The summed E-state index contributed by atoms with van der Waals surface area (Å²) in [6.07, 6.45) is 3.05. The first-order valence-electron chi connectivity index (χ1n) is 5.90. The predicted molar refractivity (Wildman–Crippen MR) is 69.3 cm³/mol. The Labute approximate surface area is 106 Å². The largest absolute Gasteiger partial charge is 0.348 e. The Morgan fingerprint density at radius 1 is 1.47 bits per heavy atom. The van der Waals surface area contributed by atoms with E-state index in [-0.39, 0.29) is 18.0 Å². The lowest BCUT2D eigenvalue weighted by Gasteiger charge is -2.17. The van der Waals surface area contributed by atoms with Crippen LogP contribution < -0.4 is 11.1 Å². The number of nitrogens with one attached hydrogen (secondary N) is 1. The van der Waals surface area contributed by atoms with E-state index in [1.54, 1.807) is 18.2 Å². The van der Waals surface area contributed by atoms with Crippen molar-refractivity contribution in [3.63, 3.8) is 0 Å². The number of carbonyl (C=O) groups is 1. The number of carbonyl (C=O) groups excluding carboxylic acids is 1. The average Bonchev–Trinajstić information content (AvgIpc) is 2.68. The predicted octanol–water partition coefficient (Wildman–Crippen LogP) is 2.26. The Morgan fingerprint density at radius 3 is 2.82 bits per heavy atom. The molecular formula is C13H17ClN2O. The Hall–Kier alpha value is -1.06. The highest BCUT2D eigenvalue weighted by molar-refractivity contribution is 6.31. The molecular weight excluding hydrogens is 236 g/mol. The number of aryl methyl sites for hydroxylation is 1. The number of rotatable bonds is 2. The second-order valence-corrected chi connectivity index (χ2v) is 5.05. The number of nitrogens with two attached hydrogens (primary N) is 1. The van der Waals surface area contributed by atoms with E-state index in [0.29, 0.717) is 10.6 Å². The molecule has 0 heterocycles. The topological polar surface area (TPSA) is 55.1 Å². The molecule has 1 aromatic rings. The molecule has 0 bridgehead atoms. The Kier molecular flexibility index (Phi) is 3.69. The molecule has 0 radical (unpaired) electrons. The maximum absolute atomic E-state index is 12.0. The number of hydrogen-bond acceptors (Lipinski definition) is 2. The molecule has 92 valence electrons. The van der Waals surface area contributed by atoms with Crippen LogP contribution in [0.25, 0.3) is 0 Å². The fraction of sp³-hybridized carbons (Fsp3) is 0.462. The minimum Gasteiger partial charge on any atom is -0.348 e. The minimum absolute atomic E-state index is 0.0629. The van der Waals surface area contributed by atoms with Crippen LogP contribution in [0.1, 0.15) is 35.2 Å². The summed E-state index contributed by atoms with van der Waals surface area (Å²) < 4.78 is 0. The van der Waals surface area contributed by atoms with Gasteiger partial charge in [0.2, 0.25) is 0 Å². The lowest BCUT2D eigenvalue weighted by Crippen LogP contribution is -2.43. The maximum atomic E-state index is 12.0. The third-order valence-electron chi connectivity index (χ3n) is 3.31. The molecule has 3 nitrogen and oxygen atoms in total. The Balaban J connectivity index is 2.06. The SMILES string of the molecule is Cc1cc(C(=O)NC2CCCC2N)ccc1Cl. The molecule has 0 aromatic heterocycles. The van der Waals surface area contributed by atoms with E-state index in [4.69, 9.17) is 17.3 Å². The zero-order valence-electron chi connectivity index (χ0n) is 9.87. The van der Waals surface area contributed by atoms with E-state index < -0.39 is 0 Å². The summed E-state index contributed by atoms with van der Waals surface area (Å²) >= 11 is 5.93. The fourth-order valence-electron chi connectivity index (χ4n) is 2.21.